The van der Waals surface area contributed by atoms with Gasteiger partial charge in [-0.3, -0.25) is 9.63 Å². The van der Waals surface area contributed by atoms with Crippen LogP contribution in [-0.2, 0) is 19.6 Å². The molecule has 0 amide bonds. The van der Waals surface area contributed by atoms with E-state index in [0.29, 0.717) is 11.3 Å². The van der Waals surface area contributed by atoms with Crippen molar-refractivity contribution in [3.63, 3.8) is 0 Å². The third-order valence-corrected chi connectivity index (χ3v) is 4.40. The molecular formula is C7H12N2O5S2. The first-order valence-corrected chi connectivity index (χ1v) is 6.59. The van der Waals surface area contributed by atoms with Crippen molar-refractivity contribution in [2.24, 2.45) is 0 Å². The molecule has 1 rings (SSSR count). The SMILES string of the molecule is COCCONS(=O)(=O)c1sc(=O)[nH]c1C. The number of H-pyrrole nitrogens is 1. The molecule has 0 fully saturated rings. The summed E-state index contributed by atoms with van der Waals surface area (Å²) in [5, 5.41) is 0. The number of hydrogen-bond donors (Lipinski definition) is 2. The topological polar surface area (TPSA) is 97.5 Å². The highest BCUT2D eigenvalue weighted by atomic mass is 32.2. The van der Waals surface area contributed by atoms with E-state index in [2.05, 4.69) is 14.6 Å². The lowest BCUT2D eigenvalue weighted by Crippen LogP contribution is -2.25. The van der Waals surface area contributed by atoms with Crippen LogP contribution in [0.2, 0.25) is 0 Å². The van der Waals surface area contributed by atoms with Crippen molar-refractivity contribution in [2.45, 2.75) is 11.1 Å². The molecule has 0 aliphatic carbocycles. The number of sulfonamides is 1. The Bertz CT molecular complexity index is 489. The van der Waals surface area contributed by atoms with Gasteiger partial charge in [-0.2, -0.15) is 0 Å². The Kier molecular flexibility index (Phi) is 4.62. The fourth-order valence-electron chi connectivity index (χ4n) is 0.929. The van der Waals surface area contributed by atoms with Crippen molar-refractivity contribution >= 4 is 21.4 Å². The highest BCUT2D eigenvalue weighted by Gasteiger charge is 2.20. The van der Waals surface area contributed by atoms with E-state index in [9.17, 15) is 13.2 Å². The first kappa shape index (κ1) is 13.3. The van der Waals surface area contributed by atoms with Crippen LogP contribution in [0.1, 0.15) is 5.69 Å². The zero-order chi connectivity index (χ0) is 12.2. The summed E-state index contributed by atoms with van der Waals surface area (Å²) in [7, 11) is -2.32. The molecule has 0 aliphatic heterocycles. The van der Waals surface area contributed by atoms with Crippen molar-refractivity contribution in [3.05, 3.63) is 15.4 Å². The molecule has 16 heavy (non-hydrogen) atoms. The summed E-state index contributed by atoms with van der Waals surface area (Å²) >= 11 is 0.612. The molecule has 0 saturated carbocycles. The van der Waals surface area contributed by atoms with Crippen LogP contribution in [0.25, 0.3) is 0 Å². The number of hydrogen-bond acceptors (Lipinski definition) is 6. The number of methoxy groups -OCH3 is 1. The Morgan fingerprint density at radius 1 is 1.44 bits per heavy atom. The van der Waals surface area contributed by atoms with Gasteiger partial charge in [-0.05, 0) is 6.92 Å². The zero-order valence-electron chi connectivity index (χ0n) is 8.77. The van der Waals surface area contributed by atoms with Crippen LogP contribution in [0, 0.1) is 6.92 Å². The Labute approximate surface area is 96.4 Å². The van der Waals surface area contributed by atoms with E-state index in [0.717, 1.165) is 0 Å². The minimum atomic E-state index is -3.79. The van der Waals surface area contributed by atoms with Gasteiger partial charge >= 0.3 is 4.87 Å². The zero-order valence-corrected chi connectivity index (χ0v) is 10.4. The lowest BCUT2D eigenvalue weighted by molar-refractivity contribution is 0.0439. The molecule has 0 atom stereocenters. The molecule has 0 bridgehead atoms. The molecule has 1 aromatic rings. The fourth-order valence-corrected chi connectivity index (χ4v) is 3.04. The van der Waals surface area contributed by atoms with E-state index in [1.165, 1.54) is 14.0 Å². The van der Waals surface area contributed by atoms with Gasteiger partial charge in [0, 0.05) is 12.8 Å². The Morgan fingerprint density at radius 2 is 2.12 bits per heavy atom. The molecular weight excluding hydrogens is 256 g/mol. The van der Waals surface area contributed by atoms with E-state index >= 15 is 0 Å². The minimum absolute atomic E-state index is 0.0742. The standard InChI is InChI=1S/C7H12N2O5S2/c1-5-6(15-7(10)8-5)16(11,12)9-14-4-3-13-2/h9H,3-4H2,1-2H3,(H,8,10). The highest BCUT2D eigenvalue weighted by Crippen LogP contribution is 2.14. The maximum absolute atomic E-state index is 11.6. The van der Waals surface area contributed by atoms with Gasteiger partial charge in [0.25, 0.3) is 10.0 Å². The van der Waals surface area contributed by atoms with E-state index in [1.54, 1.807) is 0 Å². The van der Waals surface area contributed by atoms with E-state index in [4.69, 9.17) is 0 Å². The number of aromatic nitrogens is 1. The average Bonchev–Trinajstić information content (AvgIpc) is 2.53. The minimum Gasteiger partial charge on any atom is -0.382 e. The van der Waals surface area contributed by atoms with E-state index in [1.807, 2.05) is 4.89 Å². The third-order valence-electron chi connectivity index (χ3n) is 1.58. The van der Waals surface area contributed by atoms with Crippen LogP contribution in [0.3, 0.4) is 0 Å². The van der Waals surface area contributed by atoms with Gasteiger partial charge in [0.1, 0.15) is 0 Å². The van der Waals surface area contributed by atoms with Crippen molar-refractivity contribution < 1.29 is 18.0 Å². The second-order valence-corrected chi connectivity index (χ2v) is 5.68. The maximum Gasteiger partial charge on any atom is 0.305 e. The van der Waals surface area contributed by atoms with Crippen LogP contribution in [0.4, 0.5) is 0 Å². The number of rotatable bonds is 6. The molecule has 0 unspecified atom stereocenters. The molecule has 1 heterocycles. The number of thiazole rings is 1. The first-order valence-electron chi connectivity index (χ1n) is 4.29. The van der Waals surface area contributed by atoms with Crippen LogP contribution >= 0.6 is 11.3 Å². The number of ether oxygens (including phenoxy) is 1. The van der Waals surface area contributed by atoms with Gasteiger partial charge in [-0.25, -0.2) is 8.42 Å². The molecule has 2 N–H and O–H groups in total. The molecule has 0 saturated heterocycles. The molecule has 7 nitrogen and oxygen atoms in total. The Morgan fingerprint density at radius 3 is 2.62 bits per heavy atom. The molecule has 0 radical (unpaired) electrons. The lowest BCUT2D eigenvalue weighted by atomic mass is 10.6. The normalized spacial score (nSPS) is 11.9. The van der Waals surface area contributed by atoms with E-state index in [-0.39, 0.29) is 23.1 Å². The second-order valence-electron chi connectivity index (χ2n) is 2.86. The molecule has 9 heteroatoms. The van der Waals surface area contributed by atoms with Crippen molar-refractivity contribution in [3.8, 4) is 0 Å². The molecule has 92 valence electrons. The summed E-state index contributed by atoms with van der Waals surface area (Å²) in [4.78, 5) is 19.5. The van der Waals surface area contributed by atoms with Crippen LogP contribution in [-0.4, -0.2) is 33.7 Å². The van der Waals surface area contributed by atoms with Gasteiger partial charge in [-0.15, -0.1) is 0 Å². The molecule has 0 spiro atoms. The summed E-state index contributed by atoms with van der Waals surface area (Å²) in [5.41, 5.74) is 0.290. The molecule has 1 aromatic heterocycles. The molecule has 0 aromatic carbocycles. The van der Waals surface area contributed by atoms with Crippen LogP contribution < -0.4 is 9.76 Å². The first-order chi connectivity index (χ1) is 7.47. The van der Waals surface area contributed by atoms with Crippen molar-refractivity contribution in [1.29, 1.82) is 0 Å². The summed E-state index contributed by atoms with van der Waals surface area (Å²) < 4.78 is 27.8. The number of aryl methyl sites for hydroxylation is 1. The van der Waals surface area contributed by atoms with Gasteiger partial charge in [-0.1, -0.05) is 16.2 Å². The number of nitrogens with one attached hydrogen (secondary N) is 2. The summed E-state index contributed by atoms with van der Waals surface area (Å²) in [6.45, 7) is 1.86. The van der Waals surface area contributed by atoms with Gasteiger partial charge in [0.2, 0.25) is 0 Å². The lowest BCUT2D eigenvalue weighted by Gasteiger charge is -2.05. The van der Waals surface area contributed by atoms with E-state index < -0.39 is 14.9 Å². The smallest absolute Gasteiger partial charge is 0.305 e. The number of aromatic amines is 1. The van der Waals surface area contributed by atoms with Gasteiger partial charge in [0.15, 0.2) is 4.21 Å². The average molecular weight is 268 g/mol. The predicted molar refractivity (Wildman–Crippen MR) is 57.8 cm³/mol. The van der Waals surface area contributed by atoms with Crippen molar-refractivity contribution in [1.82, 2.24) is 9.87 Å². The second kappa shape index (κ2) is 5.55. The highest BCUT2D eigenvalue weighted by molar-refractivity contribution is 7.91. The Hall–Kier alpha value is -0.740. The Balaban J connectivity index is 2.71. The quantitative estimate of drug-likeness (QED) is 0.540. The van der Waals surface area contributed by atoms with Crippen LogP contribution in [0.5, 0.6) is 0 Å². The summed E-state index contributed by atoms with van der Waals surface area (Å²) in [5.74, 6) is 0. The van der Waals surface area contributed by atoms with Crippen LogP contribution in [0.15, 0.2) is 9.00 Å². The summed E-state index contributed by atoms with van der Waals surface area (Å²) in [6.07, 6.45) is 0. The largest absolute Gasteiger partial charge is 0.382 e. The third kappa shape index (κ3) is 3.39. The monoisotopic (exact) mass is 268 g/mol. The molecule has 0 aliphatic rings. The predicted octanol–water partition coefficient (Wildman–Crippen LogP) is -0.399. The fraction of sp³-hybridized carbons (Fsp3) is 0.571. The maximum atomic E-state index is 11.6. The van der Waals surface area contributed by atoms with Crippen molar-refractivity contribution in [2.75, 3.05) is 20.3 Å². The summed E-state index contributed by atoms with van der Waals surface area (Å²) in [6, 6.07) is 0. The van der Waals surface area contributed by atoms with Gasteiger partial charge < -0.3 is 9.72 Å². The van der Waals surface area contributed by atoms with Gasteiger partial charge in [0.05, 0.1) is 13.2 Å².